The quantitative estimate of drug-likeness (QED) is 0.0562. The molecule has 0 aliphatic heterocycles. The maximum Gasteiger partial charge on any atom is 0.365 e. The lowest BCUT2D eigenvalue weighted by Crippen LogP contribution is -2.32. The van der Waals surface area contributed by atoms with Crippen molar-refractivity contribution in [2.24, 2.45) is 11.0 Å². The van der Waals surface area contributed by atoms with Gasteiger partial charge in [-0.25, -0.2) is 9.80 Å². The van der Waals surface area contributed by atoms with Gasteiger partial charge in [0.2, 0.25) is 11.0 Å². The third-order valence-electron chi connectivity index (χ3n) is 7.48. The van der Waals surface area contributed by atoms with E-state index in [-0.39, 0.29) is 5.91 Å². The third kappa shape index (κ3) is 12.9. The first-order valence-corrected chi connectivity index (χ1v) is 16.7. The predicted molar refractivity (Wildman–Crippen MR) is 166 cm³/mol. The summed E-state index contributed by atoms with van der Waals surface area (Å²) < 4.78 is 5.33. The average molecular weight is 559 g/mol. The molecule has 1 aliphatic carbocycles. The van der Waals surface area contributed by atoms with E-state index in [2.05, 4.69) is 44.9 Å². The number of carbonyl (C=O) groups excluding carboxylic acids is 2. The van der Waals surface area contributed by atoms with Gasteiger partial charge in [0.05, 0.1) is 13.0 Å². The van der Waals surface area contributed by atoms with Crippen LogP contribution >= 0.6 is 11.8 Å². The Morgan fingerprint density at radius 2 is 1.46 bits per heavy atom. The number of carbonyl (C=O) groups is 2. The summed E-state index contributed by atoms with van der Waals surface area (Å²) in [5.41, 5.74) is 4.83. The number of esters is 1. The molecule has 0 aromatic heterocycles. The summed E-state index contributed by atoms with van der Waals surface area (Å²) in [6.07, 6.45) is 17.1. The second-order valence-corrected chi connectivity index (χ2v) is 12.1. The molecule has 0 radical (unpaired) electrons. The minimum absolute atomic E-state index is 0.0310. The summed E-state index contributed by atoms with van der Waals surface area (Å²) in [6, 6.07) is 4.39. The largest absolute Gasteiger partial charge is 0.461 e. The van der Waals surface area contributed by atoms with Crippen LogP contribution in [0.3, 0.4) is 0 Å². The van der Waals surface area contributed by atoms with Crippen molar-refractivity contribution in [1.82, 2.24) is 5.01 Å². The average Bonchev–Trinajstić information content (AvgIpc) is 3.75. The van der Waals surface area contributed by atoms with Crippen molar-refractivity contribution in [3.05, 3.63) is 34.4 Å². The fourth-order valence-corrected chi connectivity index (χ4v) is 5.88. The van der Waals surface area contributed by atoms with E-state index in [1.54, 1.807) is 5.01 Å². The molecule has 1 saturated carbocycles. The maximum atomic E-state index is 13.6. The smallest absolute Gasteiger partial charge is 0.365 e. The number of unbranched alkanes of at least 4 members (excludes halogenated alkanes) is 9. The highest BCUT2D eigenvalue weighted by Crippen LogP contribution is 2.31. The topological polar surface area (TPSA) is 59.0 Å². The molecular formula is C33H54N2O3S. The summed E-state index contributed by atoms with van der Waals surface area (Å²) >= 11 is 1.45. The molecule has 1 amide bonds. The number of benzene rings is 1. The highest BCUT2D eigenvalue weighted by atomic mass is 32.2. The number of hydrogen-bond donors (Lipinski definition) is 0. The predicted octanol–water partition coefficient (Wildman–Crippen LogP) is 8.43. The van der Waals surface area contributed by atoms with Crippen LogP contribution in [0.5, 0.6) is 0 Å². The van der Waals surface area contributed by atoms with Gasteiger partial charge in [-0.15, -0.1) is 0 Å². The van der Waals surface area contributed by atoms with Crippen molar-refractivity contribution in [3.63, 3.8) is 0 Å². The molecule has 2 rings (SSSR count). The van der Waals surface area contributed by atoms with Gasteiger partial charge in [-0.3, -0.25) is 4.79 Å². The molecule has 0 spiro atoms. The minimum Gasteiger partial charge on any atom is -0.461 e. The molecule has 0 unspecified atom stereocenters. The summed E-state index contributed by atoms with van der Waals surface area (Å²) in [5.74, 6) is 0.846. The highest BCUT2D eigenvalue weighted by molar-refractivity contribution is 8.15. The molecule has 6 heteroatoms. The molecule has 1 aliphatic rings. The second-order valence-electron chi connectivity index (χ2n) is 11.0. The molecule has 39 heavy (non-hydrogen) atoms. The zero-order chi connectivity index (χ0) is 28.5. The molecule has 1 aromatic carbocycles. The molecule has 0 bridgehead atoms. The summed E-state index contributed by atoms with van der Waals surface area (Å²) in [4.78, 5) is 26.4. The molecule has 0 heterocycles. The molecule has 1 fully saturated rings. The van der Waals surface area contributed by atoms with Crippen molar-refractivity contribution in [3.8, 4) is 0 Å². The van der Waals surface area contributed by atoms with Crippen molar-refractivity contribution in [2.75, 3.05) is 18.9 Å². The van der Waals surface area contributed by atoms with Gasteiger partial charge < -0.3 is 4.74 Å². The Balaban J connectivity index is 2.01. The van der Waals surface area contributed by atoms with E-state index in [1.807, 2.05) is 6.92 Å². The number of thioether (sulfide) groups is 1. The number of nitrogens with zero attached hydrogens (tertiary/aromatic N) is 2. The number of ether oxygens (including phenoxy) is 1. The standard InChI is InChI=1S/C33H54N2O3S/c1-6-10-11-12-13-14-15-16-17-18-21-39-32(33(37)38-9-4)34-35(25-27-19-20-27)31(36)24-30-28(7-2)22-26(5)23-29(30)8-3/h22-23,27H,6-21,24-25H2,1-5H3/b34-32-. The van der Waals surface area contributed by atoms with Gasteiger partial charge in [0.15, 0.2) is 0 Å². The Morgan fingerprint density at radius 3 is 1.97 bits per heavy atom. The van der Waals surface area contributed by atoms with Gasteiger partial charge in [-0.1, -0.05) is 108 Å². The van der Waals surface area contributed by atoms with E-state index in [0.29, 0.717) is 30.5 Å². The van der Waals surface area contributed by atoms with Gasteiger partial charge in [-0.05, 0) is 74.3 Å². The molecule has 0 N–H and O–H groups in total. The van der Waals surface area contributed by atoms with Crippen LogP contribution < -0.4 is 0 Å². The van der Waals surface area contributed by atoms with Crippen LogP contribution in [0.1, 0.15) is 127 Å². The lowest BCUT2D eigenvalue weighted by atomic mass is 9.92. The third-order valence-corrected chi connectivity index (χ3v) is 8.50. The van der Waals surface area contributed by atoms with Crippen LogP contribution in [0.4, 0.5) is 0 Å². The highest BCUT2D eigenvalue weighted by Gasteiger charge is 2.29. The van der Waals surface area contributed by atoms with E-state index in [0.717, 1.165) is 49.8 Å². The fourth-order valence-electron chi connectivity index (χ4n) is 5.01. The number of rotatable bonds is 19. The monoisotopic (exact) mass is 558 g/mol. The summed E-state index contributed by atoms with van der Waals surface area (Å²) in [7, 11) is 0. The van der Waals surface area contributed by atoms with Crippen LogP contribution in [-0.4, -0.2) is 40.8 Å². The Kier molecular flexibility index (Phi) is 16.5. The SMILES string of the molecule is CCCCCCCCCCCCS/C(=N\N(CC1CC1)C(=O)Cc1c(CC)cc(C)cc1CC)C(=O)OCC. The van der Waals surface area contributed by atoms with Gasteiger partial charge in [-0.2, -0.15) is 5.10 Å². The first kappa shape index (κ1) is 33.4. The first-order chi connectivity index (χ1) is 18.9. The first-order valence-electron chi connectivity index (χ1n) is 15.7. The van der Waals surface area contributed by atoms with Gasteiger partial charge >= 0.3 is 5.97 Å². The lowest BCUT2D eigenvalue weighted by molar-refractivity contribution is -0.134. The maximum absolute atomic E-state index is 13.6. The zero-order valence-electron chi connectivity index (χ0n) is 25.5. The number of hydrazone groups is 1. The second kappa shape index (κ2) is 19.3. The van der Waals surface area contributed by atoms with Crippen molar-refractivity contribution < 1.29 is 14.3 Å². The minimum atomic E-state index is -0.415. The van der Waals surface area contributed by atoms with E-state index >= 15 is 0 Å². The summed E-state index contributed by atoms with van der Waals surface area (Å²) in [5, 5.41) is 6.57. The van der Waals surface area contributed by atoms with Gasteiger partial charge in [0, 0.05) is 6.54 Å². The lowest BCUT2D eigenvalue weighted by Gasteiger charge is -2.21. The van der Waals surface area contributed by atoms with Crippen LogP contribution in [0, 0.1) is 12.8 Å². The Morgan fingerprint density at radius 1 is 0.897 bits per heavy atom. The molecular weight excluding hydrogens is 504 g/mol. The van der Waals surface area contributed by atoms with Crippen molar-refractivity contribution in [1.29, 1.82) is 0 Å². The van der Waals surface area contributed by atoms with Crippen LogP contribution in [0.25, 0.3) is 0 Å². The van der Waals surface area contributed by atoms with E-state index in [1.165, 1.54) is 79.8 Å². The van der Waals surface area contributed by atoms with Crippen LogP contribution in [0.2, 0.25) is 0 Å². The molecule has 0 atom stereocenters. The van der Waals surface area contributed by atoms with Gasteiger partial charge in [0.25, 0.3) is 0 Å². The Hall–Kier alpha value is -1.82. The fraction of sp³-hybridized carbons (Fsp3) is 0.727. The molecule has 0 saturated heterocycles. The number of amides is 1. The van der Waals surface area contributed by atoms with E-state index < -0.39 is 5.97 Å². The number of hydrogen-bond acceptors (Lipinski definition) is 5. The van der Waals surface area contributed by atoms with E-state index in [9.17, 15) is 9.59 Å². The zero-order valence-corrected chi connectivity index (χ0v) is 26.3. The van der Waals surface area contributed by atoms with Crippen LogP contribution in [-0.2, 0) is 33.6 Å². The normalized spacial score (nSPS) is 13.5. The summed E-state index contributed by atoms with van der Waals surface area (Å²) in [6.45, 7) is 11.4. The van der Waals surface area contributed by atoms with E-state index in [4.69, 9.17) is 4.74 Å². The molecule has 1 aromatic rings. The Labute approximate surface area is 242 Å². The Bertz CT molecular complexity index is 885. The van der Waals surface area contributed by atoms with Gasteiger partial charge in [0.1, 0.15) is 0 Å². The van der Waals surface area contributed by atoms with Crippen molar-refractivity contribution >= 4 is 28.7 Å². The molecule has 5 nitrogen and oxygen atoms in total. The van der Waals surface area contributed by atoms with Crippen LogP contribution in [0.15, 0.2) is 17.2 Å². The van der Waals surface area contributed by atoms with Crippen molar-refractivity contribution in [2.45, 2.75) is 131 Å². The number of aryl methyl sites for hydroxylation is 3. The molecule has 220 valence electrons.